The van der Waals surface area contributed by atoms with E-state index in [2.05, 4.69) is 32.8 Å². The number of aromatic amines is 1. The zero-order valence-corrected chi connectivity index (χ0v) is 9.51. The summed E-state index contributed by atoms with van der Waals surface area (Å²) >= 11 is 2.12. The van der Waals surface area contributed by atoms with E-state index in [9.17, 15) is 4.39 Å². The predicted molar refractivity (Wildman–Crippen MR) is 60.7 cm³/mol. The zero-order valence-electron chi connectivity index (χ0n) is 7.35. The Morgan fingerprint density at radius 1 is 1.43 bits per heavy atom. The molecule has 0 spiro atoms. The predicted octanol–water partition coefficient (Wildman–Crippen LogP) is 3.18. The highest BCUT2D eigenvalue weighted by atomic mass is 127. The van der Waals surface area contributed by atoms with Gasteiger partial charge in [0.1, 0.15) is 9.52 Å². The largest absolute Gasteiger partial charge is 0.276 e. The summed E-state index contributed by atoms with van der Waals surface area (Å²) in [5.41, 5.74) is 2.11. The second-order valence-electron chi connectivity index (χ2n) is 3.71. The molecule has 1 saturated carbocycles. The maximum Gasteiger partial charge on any atom is 0.131 e. The smallest absolute Gasteiger partial charge is 0.131 e. The Kier molecular flexibility index (Phi) is 1.80. The molecule has 1 aliphatic carbocycles. The Morgan fingerprint density at radius 2 is 2.21 bits per heavy atom. The van der Waals surface area contributed by atoms with E-state index in [4.69, 9.17) is 0 Å². The van der Waals surface area contributed by atoms with E-state index in [0.29, 0.717) is 5.92 Å². The molecule has 2 aromatic rings. The normalized spacial score (nSPS) is 16.4. The second-order valence-corrected chi connectivity index (χ2v) is 4.73. The number of nitrogens with zero attached hydrogens (tertiary/aromatic N) is 1. The van der Waals surface area contributed by atoms with Gasteiger partial charge in [-0.2, -0.15) is 5.10 Å². The number of hydrogen-bond acceptors (Lipinski definition) is 1. The Balaban J connectivity index is 2.35. The summed E-state index contributed by atoms with van der Waals surface area (Å²) in [6.45, 7) is 0. The first-order valence-electron chi connectivity index (χ1n) is 4.59. The van der Waals surface area contributed by atoms with Crippen LogP contribution in [-0.4, -0.2) is 10.2 Å². The van der Waals surface area contributed by atoms with Crippen LogP contribution in [0.15, 0.2) is 12.1 Å². The molecule has 14 heavy (non-hydrogen) atoms. The van der Waals surface area contributed by atoms with E-state index in [1.807, 2.05) is 0 Å². The van der Waals surface area contributed by atoms with Gasteiger partial charge in [0.15, 0.2) is 0 Å². The van der Waals surface area contributed by atoms with Crippen LogP contribution < -0.4 is 0 Å². The molecular weight excluding hydrogens is 294 g/mol. The van der Waals surface area contributed by atoms with E-state index in [1.165, 1.54) is 12.8 Å². The molecule has 1 aliphatic rings. The first-order valence-corrected chi connectivity index (χ1v) is 5.66. The first kappa shape index (κ1) is 8.64. The fourth-order valence-corrected chi connectivity index (χ4v) is 2.34. The number of benzene rings is 1. The van der Waals surface area contributed by atoms with Crippen molar-refractivity contribution in [3.63, 3.8) is 0 Å². The van der Waals surface area contributed by atoms with E-state index >= 15 is 0 Å². The lowest BCUT2D eigenvalue weighted by Gasteiger charge is -2.00. The number of halogens is 2. The summed E-state index contributed by atoms with van der Waals surface area (Å²) in [5.74, 6) is 0.392. The molecule has 1 aromatic heterocycles. The van der Waals surface area contributed by atoms with Gasteiger partial charge < -0.3 is 0 Å². The molecule has 0 bridgehead atoms. The lowest BCUT2D eigenvalue weighted by Crippen LogP contribution is -1.85. The lowest BCUT2D eigenvalue weighted by molar-refractivity contribution is 0.627. The molecule has 1 heterocycles. The molecule has 72 valence electrons. The van der Waals surface area contributed by atoms with Crippen LogP contribution in [0.25, 0.3) is 10.9 Å². The highest BCUT2D eigenvalue weighted by Crippen LogP contribution is 2.43. The van der Waals surface area contributed by atoms with Gasteiger partial charge in [0.25, 0.3) is 0 Å². The molecule has 0 aliphatic heterocycles. The van der Waals surface area contributed by atoms with E-state index in [-0.39, 0.29) is 5.82 Å². The number of hydrogen-bond donors (Lipinski definition) is 1. The van der Waals surface area contributed by atoms with Gasteiger partial charge in [-0.3, -0.25) is 5.10 Å². The molecule has 3 rings (SSSR count). The third-order valence-electron chi connectivity index (χ3n) is 2.64. The van der Waals surface area contributed by atoms with Crippen molar-refractivity contribution in [1.82, 2.24) is 10.2 Å². The van der Waals surface area contributed by atoms with Gasteiger partial charge in [0.2, 0.25) is 0 Å². The number of aromatic nitrogens is 2. The van der Waals surface area contributed by atoms with Crippen molar-refractivity contribution in [2.75, 3.05) is 0 Å². The van der Waals surface area contributed by atoms with Gasteiger partial charge in [-0.25, -0.2) is 4.39 Å². The molecule has 2 nitrogen and oxygen atoms in total. The Labute approximate surface area is 94.0 Å². The molecule has 0 amide bonds. The van der Waals surface area contributed by atoms with Crippen LogP contribution in [0.1, 0.15) is 24.3 Å². The minimum atomic E-state index is -0.154. The summed E-state index contributed by atoms with van der Waals surface area (Å²) in [6, 6.07) is 3.18. The fraction of sp³-hybridized carbons (Fsp3) is 0.300. The quantitative estimate of drug-likeness (QED) is 0.805. The number of rotatable bonds is 1. The van der Waals surface area contributed by atoms with Crippen molar-refractivity contribution in [3.05, 3.63) is 27.2 Å². The van der Waals surface area contributed by atoms with Crippen molar-refractivity contribution >= 4 is 33.5 Å². The summed E-state index contributed by atoms with van der Waals surface area (Å²) in [6.07, 6.45) is 2.35. The maximum atomic E-state index is 13.3. The van der Waals surface area contributed by atoms with Crippen molar-refractivity contribution < 1.29 is 4.39 Å². The van der Waals surface area contributed by atoms with E-state index in [1.54, 1.807) is 12.1 Å². The van der Waals surface area contributed by atoms with Gasteiger partial charge in [-0.15, -0.1) is 0 Å². The van der Waals surface area contributed by atoms with Gasteiger partial charge in [0, 0.05) is 5.39 Å². The number of nitrogens with one attached hydrogen (secondary N) is 1. The first-order chi connectivity index (χ1) is 6.75. The third kappa shape index (κ3) is 1.24. The van der Waals surface area contributed by atoms with Gasteiger partial charge >= 0.3 is 0 Å². The Bertz CT molecular complexity index is 502. The van der Waals surface area contributed by atoms with Crippen LogP contribution in [0.2, 0.25) is 0 Å². The topological polar surface area (TPSA) is 28.7 Å². The molecule has 0 atom stereocenters. The second kappa shape index (κ2) is 2.92. The molecule has 0 saturated heterocycles. The van der Waals surface area contributed by atoms with Crippen molar-refractivity contribution in [1.29, 1.82) is 0 Å². The third-order valence-corrected chi connectivity index (χ3v) is 3.46. The van der Waals surface area contributed by atoms with Crippen LogP contribution in [-0.2, 0) is 0 Å². The minimum Gasteiger partial charge on any atom is -0.276 e. The molecular formula is C10H8FIN2. The van der Waals surface area contributed by atoms with Gasteiger partial charge in [-0.1, -0.05) is 0 Å². The molecule has 0 unspecified atom stereocenters. The fourth-order valence-electron chi connectivity index (χ4n) is 1.80. The van der Waals surface area contributed by atoms with Crippen molar-refractivity contribution in [3.8, 4) is 0 Å². The van der Waals surface area contributed by atoms with Crippen LogP contribution in [0, 0.1) is 9.52 Å². The SMILES string of the molecule is Fc1cc(C2CC2)c2[nH]nc(I)c2c1. The highest BCUT2D eigenvalue weighted by Gasteiger charge is 2.27. The summed E-state index contributed by atoms with van der Waals surface area (Å²) in [4.78, 5) is 0. The molecule has 0 radical (unpaired) electrons. The number of fused-ring (bicyclic) bond motifs is 1. The highest BCUT2D eigenvalue weighted by molar-refractivity contribution is 14.1. The molecule has 1 fully saturated rings. The Hall–Kier alpha value is -0.650. The monoisotopic (exact) mass is 302 g/mol. The average molecular weight is 302 g/mol. The maximum absolute atomic E-state index is 13.3. The lowest BCUT2D eigenvalue weighted by atomic mass is 10.1. The summed E-state index contributed by atoms with van der Waals surface area (Å²) in [7, 11) is 0. The van der Waals surface area contributed by atoms with Crippen molar-refractivity contribution in [2.24, 2.45) is 0 Å². The molecule has 1 aromatic carbocycles. The van der Waals surface area contributed by atoms with Gasteiger partial charge in [0.05, 0.1) is 5.52 Å². The van der Waals surface area contributed by atoms with Crippen LogP contribution >= 0.6 is 22.6 Å². The van der Waals surface area contributed by atoms with Gasteiger partial charge in [-0.05, 0) is 59.0 Å². The van der Waals surface area contributed by atoms with E-state index in [0.717, 1.165) is 20.2 Å². The molecule has 4 heteroatoms. The standard InChI is InChI=1S/C10H8FIN2/c11-6-3-7(5-1-2-5)9-8(4-6)10(12)14-13-9/h3-5H,1-2H2,(H,13,14). The Morgan fingerprint density at radius 3 is 2.93 bits per heavy atom. The van der Waals surface area contributed by atoms with E-state index < -0.39 is 0 Å². The minimum absolute atomic E-state index is 0.154. The zero-order chi connectivity index (χ0) is 9.71. The van der Waals surface area contributed by atoms with Crippen LogP contribution in [0.3, 0.4) is 0 Å². The average Bonchev–Trinajstić information content (AvgIpc) is 2.93. The summed E-state index contributed by atoms with van der Waals surface area (Å²) in [5, 5.41) is 7.99. The van der Waals surface area contributed by atoms with Crippen LogP contribution in [0.4, 0.5) is 4.39 Å². The van der Waals surface area contributed by atoms with Crippen LogP contribution in [0.5, 0.6) is 0 Å². The summed E-state index contributed by atoms with van der Waals surface area (Å²) < 4.78 is 14.1. The molecule has 1 N–H and O–H groups in total. The van der Waals surface area contributed by atoms with Crippen molar-refractivity contribution in [2.45, 2.75) is 18.8 Å². The number of H-pyrrole nitrogens is 1.